The zero-order chi connectivity index (χ0) is 17.5. The van der Waals surface area contributed by atoms with Crippen LogP contribution in [0.1, 0.15) is 16.7 Å². The van der Waals surface area contributed by atoms with E-state index in [0.717, 1.165) is 21.2 Å². The molecule has 24 heavy (non-hydrogen) atoms. The average molecular weight is 387 g/mol. The lowest BCUT2D eigenvalue weighted by Crippen LogP contribution is -2.25. The normalized spacial score (nSPS) is 10.1. The molecule has 0 aliphatic heterocycles. The minimum Gasteiger partial charge on any atom is -0.352 e. The fourth-order valence-electron chi connectivity index (χ4n) is 2.18. The Labute approximate surface area is 150 Å². The quantitative estimate of drug-likeness (QED) is 0.742. The summed E-state index contributed by atoms with van der Waals surface area (Å²) in [7, 11) is 0. The summed E-state index contributed by atoms with van der Waals surface area (Å²) in [6, 6.07) is 13.1. The molecule has 0 aliphatic rings. The van der Waals surface area contributed by atoms with Gasteiger partial charge >= 0.3 is 0 Å². The molecule has 2 rings (SSSR count). The number of carbonyl (C=O) groups is 2. The van der Waals surface area contributed by atoms with Crippen molar-refractivity contribution in [1.82, 2.24) is 5.32 Å². The number of anilines is 1. The van der Waals surface area contributed by atoms with E-state index in [1.807, 2.05) is 37.3 Å². The lowest BCUT2D eigenvalue weighted by molar-refractivity contribution is -0.120. The van der Waals surface area contributed by atoms with E-state index >= 15 is 0 Å². The SMILES string of the molecule is C=CC(=O)Nc1ccc(CC(=O)NCc2cccc(Br)c2C)cc1. The van der Waals surface area contributed by atoms with E-state index in [9.17, 15) is 9.59 Å². The van der Waals surface area contributed by atoms with E-state index in [-0.39, 0.29) is 11.8 Å². The lowest BCUT2D eigenvalue weighted by Gasteiger charge is -2.10. The van der Waals surface area contributed by atoms with Crippen LogP contribution in [0.4, 0.5) is 5.69 Å². The standard InChI is InChI=1S/C19H19BrN2O2/c1-3-18(23)22-16-9-7-14(8-10-16)11-19(24)21-12-15-5-4-6-17(20)13(15)2/h3-10H,1,11-12H2,2H3,(H,21,24)(H,22,23). The molecule has 0 fully saturated rings. The van der Waals surface area contributed by atoms with Crippen molar-refractivity contribution in [3.8, 4) is 0 Å². The first-order valence-corrected chi connectivity index (χ1v) is 8.32. The second-order valence-electron chi connectivity index (χ2n) is 5.37. The van der Waals surface area contributed by atoms with E-state index in [2.05, 4.69) is 33.1 Å². The number of benzene rings is 2. The average Bonchev–Trinajstić information content (AvgIpc) is 2.58. The molecule has 0 bridgehead atoms. The first-order chi connectivity index (χ1) is 11.5. The summed E-state index contributed by atoms with van der Waals surface area (Å²) in [5, 5.41) is 5.60. The number of amides is 2. The van der Waals surface area contributed by atoms with Crippen LogP contribution in [0.5, 0.6) is 0 Å². The summed E-state index contributed by atoms with van der Waals surface area (Å²) in [6.45, 7) is 5.92. The van der Waals surface area contributed by atoms with Gasteiger partial charge in [-0.3, -0.25) is 9.59 Å². The van der Waals surface area contributed by atoms with Gasteiger partial charge < -0.3 is 10.6 Å². The van der Waals surface area contributed by atoms with Gasteiger partial charge in [0.2, 0.25) is 11.8 Å². The van der Waals surface area contributed by atoms with Gasteiger partial charge in [-0.05, 0) is 47.9 Å². The molecular formula is C19H19BrN2O2. The minimum atomic E-state index is -0.259. The van der Waals surface area contributed by atoms with Crippen molar-refractivity contribution in [1.29, 1.82) is 0 Å². The van der Waals surface area contributed by atoms with Crippen molar-refractivity contribution in [3.63, 3.8) is 0 Å². The molecule has 4 nitrogen and oxygen atoms in total. The van der Waals surface area contributed by atoms with E-state index in [4.69, 9.17) is 0 Å². The highest BCUT2D eigenvalue weighted by atomic mass is 79.9. The number of rotatable bonds is 6. The van der Waals surface area contributed by atoms with Gasteiger partial charge in [0.15, 0.2) is 0 Å². The molecule has 124 valence electrons. The molecule has 0 radical (unpaired) electrons. The lowest BCUT2D eigenvalue weighted by atomic mass is 10.1. The van der Waals surface area contributed by atoms with Crippen LogP contribution in [-0.2, 0) is 22.6 Å². The number of hydrogen-bond donors (Lipinski definition) is 2. The fraction of sp³-hybridized carbons (Fsp3) is 0.158. The second-order valence-corrected chi connectivity index (χ2v) is 6.22. The molecular weight excluding hydrogens is 368 g/mol. The highest BCUT2D eigenvalue weighted by Crippen LogP contribution is 2.19. The Morgan fingerprint density at radius 1 is 1.17 bits per heavy atom. The predicted octanol–water partition coefficient (Wildman–Crippen LogP) is 3.74. The molecule has 0 aromatic heterocycles. The first kappa shape index (κ1) is 17.9. The maximum absolute atomic E-state index is 12.1. The molecule has 0 unspecified atom stereocenters. The molecule has 0 spiro atoms. The van der Waals surface area contributed by atoms with Crippen LogP contribution in [0.2, 0.25) is 0 Å². The predicted molar refractivity (Wildman–Crippen MR) is 99.7 cm³/mol. The summed E-state index contributed by atoms with van der Waals surface area (Å²) in [5.74, 6) is -0.304. The van der Waals surface area contributed by atoms with Crippen LogP contribution < -0.4 is 10.6 Å². The third-order valence-electron chi connectivity index (χ3n) is 3.63. The topological polar surface area (TPSA) is 58.2 Å². The Kier molecular flexibility index (Phi) is 6.32. The maximum atomic E-state index is 12.1. The monoisotopic (exact) mass is 386 g/mol. The Morgan fingerprint density at radius 3 is 2.54 bits per heavy atom. The van der Waals surface area contributed by atoms with Gasteiger partial charge in [0.25, 0.3) is 0 Å². The number of hydrogen-bond acceptors (Lipinski definition) is 2. The van der Waals surface area contributed by atoms with Gasteiger partial charge in [-0.25, -0.2) is 0 Å². The first-order valence-electron chi connectivity index (χ1n) is 7.52. The van der Waals surface area contributed by atoms with Gasteiger partial charge in [0.05, 0.1) is 6.42 Å². The Hall–Kier alpha value is -2.40. The van der Waals surface area contributed by atoms with Crippen molar-refractivity contribution in [2.75, 3.05) is 5.32 Å². The van der Waals surface area contributed by atoms with E-state index < -0.39 is 0 Å². The second kappa shape index (κ2) is 8.45. The molecule has 5 heteroatoms. The van der Waals surface area contributed by atoms with Gasteiger partial charge in [-0.2, -0.15) is 0 Å². The maximum Gasteiger partial charge on any atom is 0.247 e. The summed E-state index contributed by atoms with van der Waals surface area (Å²) in [6.07, 6.45) is 1.51. The van der Waals surface area contributed by atoms with E-state index in [1.54, 1.807) is 12.1 Å². The van der Waals surface area contributed by atoms with Crippen LogP contribution in [0.15, 0.2) is 59.6 Å². The van der Waals surface area contributed by atoms with Crippen molar-refractivity contribution in [3.05, 3.63) is 76.3 Å². The molecule has 2 amide bonds. The third-order valence-corrected chi connectivity index (χ3v) is 4.49. The van der Waals surface area contributed by atoms with Gasteiger partial charge in [-0.15, -0.1) is 0 Å². The van der Waals surface area contributed by atoms with Crippen molar-refractivity contribution >= 4 is 33.4 Å². The fourth-order valence-corrected chi connectivity index (χ4v) is 2.59. The Balaban J connectivity index is 1.89. The highest BCUT2D eigenvalue weighted by molar-refractivity contribution is 9.10. The van der Waals surface area contributed by atoms with Crippen LogP contribution in [0, 0.1) is 6.92 Å². The molecule has 0 atom stereocenters. The smallest absolute Gasteiger partial charge is 0.247 e. The number of halogens is 1. The van der Waals surface area contributed by atoms with Gasteiger partial charge in [-0.1, -0.05) is 46.8 Å². The molecule has 0 saturated carbocycles. The molecule has 2 N–H and O–H groups in total. The zero-order valence-electron chi connectivity index (χ0n) is 13.4. The zero-order valence-corrected chi connectivity index (χ0v) is 15.0. The molecule has 0 saturated heterocycles. The Morgan fingerprint density at radius 2 is 1.88 bits per heavy atom. The van der Waals surface area contributed by atoms with Gasteiger partial charge in [0, 0.05) is 16.7 Å². The van der Waals surface area contributed by atoms with Crippen LogP contribution in [-0.4, -0.2) is 11.8 Å². The summed E-state index contributed by atoms with van der Waals surface area (Å²) < 4.78 is 1.03. The number of nitrogens with one attached hydrogen (secondary N) is 2. The summed E-state index contributed by atoms with van der Waals surface area (Å²) >= 11 is 3.49. The Bertz CT molecular complexity index is 754. The van der Waals surface area contributed by atoms with Crippen molar-refractivity contribution in [2.24, 2.45) is 0 Å². The number of carbonyl (C=O) groups excluding carboxylic acids is 2. The summed E-state index contributed by atoms with van der Waals surface area (Å²) in [4.78, 5) is 23.3. The van der Waals surface area contributed by atoms with Crippen LogP contribution in [0.3, 0.4) is 0 Å². The van der Waals surface area contributed by atoms with Crippen LogP contribution in [0.25, 0.3) is 0 Å². The molecule has 0 heterocycles. The minimum absolute atomic E-state index is 0.0442. The molecule has 2 aromatic carbocycles. The summed E-state index contributed by atoms with van der Waals surface area (Å²) in [5.41, 5.74) is 3.77. The van der Waals surface area contributed by atoms with Crippen molar-refractivity contribution in [2.45, 2.75) is 19.9 Å². The largest absolute Gasteiger partial charge is 0.352 e. The van der Waals surface area contributed by atoms with Crippen molar-refractivity contribution < 1.29 is 9.59 Å². The van der Waals surface area contributed by atoms with E-state index in [1.165, 1.54) is 6.08 Å². The molecule has 0 aliphatic carbocycles. The highest BCUT2D eigenvalue weighted by Gasteiger charge is 2.06. The van der Waals surface area contributed by atoms with E-state index in [0.29, 0.717) is 18.7 Å². The van der Waals surface area contributed by atoms with Crippen LogP contribution >= 0.6 is 15.9 Å². The third kappa shape index (κ3) is 5.06. The van der Waals surface area contributed by atoms with Gasteiger partial charge in [0.1, 0.15) is 0 Å². The molecule has 2 aromatic rings.